The lowest BCUT2D eigenvalue weighted by atomic mass is 10.1. The molecule has 108 valence electrons. The van der Waals surface area contributed by atoms with E-state index in [1.807, 2.05) is 13.0 Å². The van der Waals surface area contributed by atoms with Gasteiger partial charge in [0.05, 0.1) is 5.92 Å². The molecule has 0 aromatic heterocycles. The number of aliphatic carboxylic acids is 1. The Morgan fingerprint density at radius 1 is 1.45 bits per heavy atom. The van der Waals surface area contributed by atoms with E-state index < -0.39 is 11.9 Å². The molecule has 1 aromatic rings. The van der Waals surface area contributed by atoms with Crippen molar-refractivity contribution in [3.63, 3.8) is 0 Å². The molecule has 1 N–H and O–H groups in total. The number of carbonyl (C=O) groups excluding carboxylic acids is 1. The van der Waals surface area contributed by atoms with Crippen LogP contribution in [-0.2, 0) is 9.59 Å². The maximum absolute atomic E-state index is 12.4. The number of anilines is 1. The number of hydrogen-bond acceptors (Lipinski definition) is 2. The highest BCUT2D eigenvalue weighted by Gasteiger charge is 2.35. The van der Waals surface area contributed by atoms with Crippen molar-refractivity contribution in [2.45, 2.75) is 26.7 Å². The van der Waals surface area contributed by atoms with Crippen molar-refractivity contribution in [2.24, 2.45) is 11.8 Å². The molecule has 1 aromatic carbocycles. The van der Waals surface area contributed by atoms with Gasteiger partial charge in [-0.15, -0.1) is 0 Å². The molecular formula is C15H18ClNO3. The Morgan fingerprint density at radius 2 is 2.10 bits per heavy atom. The molecule has 0 bridgehead atoms. The Bertz CT molecular complexity index is 540. The van der Waals surface area contributed by atoms with Gasteiger partial charge in [0.15, 0.2) is 0 Å². The number of carboxylic acids is 1. The minimum Gasteiger partial charge on any atom is -0.481 e. The highest BCUT2D eigenvalue weighted by atomic mass is 35.5. The summed E-state index contributed by atoms with van der Waals surface area (Å²) in [6, 6.07) is 5.36. The van der Waals surface area contributed by atoms with Gasteiger partial charge in [-0.05, 0) is 37.5 Å². The van der Waals surface area contributed by atoms with Gasteiger partial charge in [-0.1, -0.05) is 24.6 Å². The maximum atomic E-state index is 12.4. The van der Waals surface area contributed by atoms with Crippen LogP contribution in [0.3, 0.4) is 0 Å². The second-order valence-corrected chi connectivity index (χ2v) is 5.75. The Labute approximate surface area is 123 Å². The fraction of sp³-hybridized carbons (Fsp3) is 0.467. The van der Waals surface area contributed by atoms with E-state index in [0.29, 0.717) is 10.7 Å². The highest BCUT2D eigenvalue weighted by molar-refractivity contribution is 6.31. The zero-order valence-corrected chi connectivity index (χ0v) is 12.4. The summed E-state index contributed by atoms with van der Waals surface area (Å²) in [5, 5.41) is 9.66. The van der Waals surface area contributed by atoms with Gasteiger partial charge in [-0.3, -0.25) is 9.59 Å². The zero-order valence-electron chi connectivity index (χ0n) is 11.6. The molecule has 1 aliphatic rings. The summed E-state index contributed by atoms with van der Waals surface area (Å²) in [5.74, 6) is -1.48. The molecule has 1 atom stereocenters. The molecule has 1 aliphatic carbocycles. The quantitative estimate of drug-likeness (QED) is 0.908. The van der Waals surface area contributed by atoms with Gasteiger partial charge in [0, 0.05) is 23.2 Å². The van der Waals surface area contributed by atoms with Crippen molar-refractivity contribution in [1.29, 1.82) is 0 Å². The second kappa shape index (κ2) is 5.83. The molecule has 1 unspecified atom stereocenters. The van der Waals surface area contributed by atoms with Crippen LogP contribution in [0.25, 0.3) is 0 Å². The van der Waals surface area contributed by atoms with Crippen LogP contribution in [0.4, 0.5) is 5.69 Å². The maximum Gasteiger partial charge on any atom is 0.308 e. The summed E-state index contributed by atoms with van der Waals surface area (Å²) in [4.78, 5) is 25.1. The molecule has 1 fully saturated rings. The van der Waals surface area contributed by atoms with Gasteiger partial charge in [-0.2, -0.15) is 0 Å². The van der Waals surface area contributed by atoms with E-state index >= 15 is 0 Å². The highest BCUT2D eigenvalue weighted by Crippen LogP contribution is 2.35. The predicted octanol–water partition coefficient (Wildman–Crippen LogP) is 3.11. The van der Waals surface area contributed by atoms with Gasteiger partial charge in [0.25, 0.3) is 0 Å². The molecule has 2 rings (SSSR count). The number of amides is 1. The lowest BCUT2D eigenvalue weighted by Gasteiger charge is -2.26. The molecule has 0 aliphatic heterocycles. The van der Waals surface area contributed by atoms with Crippen molar-refractivity contribution in [3.05, 3.63) is 28.8 Å². The smallest absolute Gasteiger partial charge is 0.308 e. The fourth-order valence-corrected chi connectivity index (χ4v) is 2.27. The van der Waals surface area contributed by atoms with Gasteiger partial charge in [0.1, 0.15) is 0 Å². The van der Waals surface area contributed by atoms with E-state index in [2.05, 4.69) is 0 Å². The fourth-order valence-electron chi connectivity index (χ4n) is 2.10. The summed E-state index contributed by atoms with van der Waals surface area (Å²) >= 11 is 6.10. The van der Waals surface area contributed by atoms with Crippen LogP contribution >= 0.6 is 11.6 Å². The molecule has 5 heteroatoms. The van der Waals surface area contributed by atoms with Gasteiger partial charge < -0.3 is 10.0 Å². The van der Waals surface area contributed by atoms with E-state index in [1.165, 1.54) is 0 Å². The Kier molecular flexibility index (Phi) is 4.33. The van der Waals surface area contributed by atoms with E-state index in [0.717, 1.165) is 18.4 Å². The number of carboxylic acid groups (broad SMARTS) is 1. The van der Waals surface area contributed by atoms with Crippen LogP contribution in [0.15, 0.2) is 18.2 Å². The number of rotatable bonds is 5. The standard InChI is InChI=1S/C15H18ClNO3/c1-9(15(19)20)8-17(14(18)11-6-7-11)13-5-3-4-12(16)10(13)2/h3-5,9,11H,6-8H2,1-2H3,(H,19,20). The summed E-state index contributed by atoms with van der Waals surface area (Å²) in [6.07, 6.45) is 1.77. The van der Waals surface area contributed by atoms with E-state index in [9.17, 15) is 9.59 Å². The molecule has 0 heterocycles. The average Bonchev–Trinajstić information content (AvgIpc) is 3.23. The summed E-state index contributed by atoms with van der Waals surface area (Å²) in [5.41, 5.74) is 1.52. The van der Waals surface area contributed by atoms with Crippen molar-refractivity contribution >= 4 is 29.2 Å². The first-order chi connectivity index (χ1) is 9.41. The Hall–Kier alpha value is -1.55. The average molecular weight is 296 g/mol. The van der Waals surface area contributed by atoms with Crippen molar-refractivity contribution in [1.82, 2.24) is 0 Å². The number of carbonyl (C=O) groups is 2. The van der Waals surface area contributed by atoms with E-state index in [-0.39, 0.29) is 18.4 Å². The zero-order chi connectivity index (χ0) is 14.9. The first-order valence-corrected chi connectivity index (χ1v) is 7.09. The summed E-state index contributed by atoms with van der Waals surface area (Å²) in [6.45, 7) is 3.62. The molecule has 1 amide bonds. The third-order valence-corrected chi connectivity index (χ3v) is 4.01. The van der Waals surface area contributed by atoms with Crippen LogP contribution in [0.1, 0.15) is 25.3 Å². The topological polar surface area (TPSA) is 57.6 Å². The van der Waals surface area contributed by atoms with Crippen LogP contribution in [0.2, 0.25) is 5.02 Å². The Balaban J connectivity index is 2.32. The molecule has 0 saturated heterocycles. The normalized spacial score (nSPS) is 15.8. The third kappa shape index (κ3) is 3.12. The SMILES string of the molecule is Cc1c(Cl)cccc1N(CC(C)C(=O)O)C(=O)C1CC1. The monoisotopic (exact) mass is 295 g/mol. The molecular weight excluding hydrogens is 278 g/mol. The lowest BCUT2D eigenvalue weighted by Crippen LogP contribution is -2.38. The minimum atomic E-state index is -0.904. The number of benzene rings is 1. The minimum absolute atomic E-state index is 0.00321. The first-order valence-electron chi connectivity index (χ1n) is 6.71. The predicted molar refractivity (Wildman–Crippen MR) is 78.1 cm³/mol. The lowest BCUT2D eigenvalue weighted by molar-refractivity contribution is -0.140. The molecule has 4 nitrogen and oxygen atoms in total. The summed E-state index contributed by atoms with van der Waals surface area (Å²) in [7, 11) is 0. The third-order valence-electron chi connectivity index (χ3n) is 3.60. The number of nitrogens with zero attached hydrogens (tertiary/aromatic N) is 1. The van der Waals surface area contributed by atoms with Crippen LogP contribution < -0.4 is 4.90 Å². The molecule has 0 radical (unpaired) electrons. The second-order valence-electron chi connectivity index (χ2n) is 5.35. The van der Waals surface area contributed by atoms with Gasteiger partial charge in [0.2, 0.25) is 5.91 Å². The van der Waals surface area contributed by atoms with Crippen LogP contribution in [0, 0.1) is 18.8 Å². The van der Waals surface area contributed by atoms with Gasteiger partial charge in [-0.25, -0.2) is 0 Å². The number of hydrogen-bond donors (Lipinski definition) is 1. The molecule has 1 saturated carbocycles. The first kappa shape index (κ1) is 14.9. The molecule has 20 heavy (non-hydrogen) atoms. The van der Waals surface area contributed by atoms with Gasteiger partial charge >= 0.3 is 5.97 Å². The van der Waals surface area contributed by atoms with Crippen molar-refractivity contribution in [2.75, 3.05) is 11.4 Å². The Morgan fingerprint density at radius 3 is 2.65 bits per heavy atom. The largest absolute Gasteiger partial charge is 0.481 e. The molecule has 0 spiro atoms. The van der Waals surface area contributed by atoms with E-state index in [4.69, 9.17) is 16.7 Å². The number of halogens is 1. The van der Waals surface area contributed by atoms with Crippen molar-refractivity contribution < 1.29 is 14.7 Å². The van der Waals surface area contributed by atoms with E-state index in [1.54, 1.807) is 24.0 Å². The van der Waals surface area contributed by atoms with Crippen LogP contribution in [0.5, 0.6) is 0 Å². The summed E-state index contributed by atoms with van der Waals surface area (Å²) < 4.78 is 0. The van der Waals surface area contributed by atoms with Crippen LogP contribution in [-0.4, -0.2) is 23.5 Å². The van der Waals surface area contributed by atoms with Crippen molar-refractivity contribution in [3.8, 4) is 0 Å².